The van der Waals surface area contributed by atoms with Crippen LogP contribution in [-0.2, 0) is 0 Å². The number of hydrogen-bond donors (Lipinski definition) is 2. The molecule has 7 heteroatoms. The number of benzene rings is 1. The van der Waals surface area contributed by atoms with Crippen LogP contribution in [0.25, 0.3) is 27.5 Å². The van der Waals surface area contributed by atoms with E-state index in [9.17, 15) is 14.3 Å². The summed E-state index contributed by atoms with van der Waals surface area (Å²) >= 11 is 0. The zero-order valence-corrected chi connectivity index (χ0v) is 16.0. The topological polar surface area (TPSA) is 71.6 Å². The Kier molecular flexibility index (Phi) is 4.13. The number of piperidine rings is 1. The van der Waals surface area contributed by atoms with Gasteiger partial charge in [0.15, 0.2) is 11.5 Å². The fourth-order valence-corrected chi connectivity index (χ4v) is 4.25. The maximum Gasteiger partial charge on any atom is 0.262 e. The molecule has 0 bridgehead atoms. The number of fused-ring (bicyclic) bond motifs is 2. The molecule has 3 aromatic heterocycles. The van der Waals surface area contributed by atoms with E-state index in [-0.39, 0.29) is 23.0 Å². The van der Waals surface area contributed by atoms with Crippen LogP contribution in [0, 0.1) is 12.7 Å². The Hall–Kier alpha value is -3.19. The first-order valence-electron chi connectivity index (χ1n) is 9.75. The van der Waals surface area contributed by atoms with E-state index in [0.29, 0.717) is 21.9 Å². The first-order chi connectivity index (χ1) is 14.0. The van der Waals surface area contributed by atoms with E-state index in [0.717, 1.165) is 31.6 Å². The van der Waals surface area contributed by atoms with E-state index in [2.05, 4.69) is 10.3 Å². The number of hydrogen-bond acceptors (Lipinski definition) is 4. The molecule has 5 rings (SSSR count). The molecular weight excluding hydrogens is 371 g/mol. The first kappa shape index (κ1) is 17.9. The van der Waals surface area contributed by atoms with E-state index < -0.39 is 5.82 Å². The molecule has 1 aliphatic heterocycles. The van der Waals surface area contributed by atoms with Crippen molar-refractivity contribution in [3.63, 3.8) is 0 Å². The lowest BCUT2D eigenvalue weighted by Gasteiger charge is -2.25. The third-order valence-electron chi connectivity index (χ3n) is 5.67. The summed E-state index contributed by atoms with van der Waals surface area (Å²) < 4.78 is 17.8. The Labute approximate surface area is 166 Å². The molecule has 29 heavy (non-hydrogen) atoms. The minimum Gasteiger partial charge on any atom is -0.507 e. The van der Waals surface area contributed by atoms with Crippen LogP contribution in [0.1, 0.15) is 24.6 Å². The van der Waals surface area contributed by atoms with Gasteiger partial charge in [-0.15, -0.1) is 0 Å². The smallest absolute Gasteiger partial charge is 0.262 e. The number of nitrogens with zero attached hydrogens (tertiary/aromatic N) is 3. The number of aromatic hydroxyl groups is 1. The summed E-state index contributed by atoms with van der Waals surface area (Å²) in [4.78, 5) is 17.2. The summed E-state index contributed by atoms with van der Waals surface area (Å²) in [6, 6.07) is 6.72. The zero-order chi connectivity index (χ0) is 20.1. The average molecular weight is 392 g/mol. The SMILES string of the molecule is Cc1cn2cc(-c3cc(O)c4c(=O)n(C5CCNCC5)ccc4c3)cc(F)c2n1. The van der Waals surface area contributed by atoms with Gasteiger partial charge in [-0.3, -0.25) is 4.79 Å². The average Bonchev–Trinajstić information content (AvgIpc) is 3.09. The molecule has 1 aliphatic rings. The molecule has 1 aromatic carbocycles. The highest BCUT2D eigenvalue weighted by Gasteiger charge is 2.19. The molecule has 0 radical (unpaired) electrons. The van der Waals surface area contributed by atoms with Crippen LogP contribution >= 0.6 is 0 Å². The van der Waals surface area contributed by atoms with Crippen molar-refractivity contribution in [3.8, 4) is 16.9 Å². The van der Waals surface area contributed by atoms with Crippen molar-refractivity contribution < 1.29 is 9.50 Å². The van der Waals surface area contributed by atoms with Crippen LogP contribution in [0.4, 0.5) is 4.39 Å². The molecule has 0 atom stereocenters. The Morgan fingerprint density at radius 1 is 1.17 bits per heavy atom. The highest BCUT2D eigenvalue weighted by molar-refractivity contribution is 5.91. The lowest BCUT2D eigenvalue weighted by molar-refractivity contribution is 0.361. The van der Waals surface area contributed by atoms with Crippen molar-refractivity contribution in [1.82, 2.24) is 19.3 Å². The Morgan fingerprint density at radius 3 is 2.76 bits per heavy atom. The van der Waals surface area contributed by atoms with Gasteiger partial charge in [0.1, 0.15) is 5.75 Å². The Balaban J connectivity index is 1.64. The predicted octanol–water partition coefficient (Wildman–Crippen LogP) is 3.39. The van der Waals surface area contributed by atoms with Crippen molar-refractivity contribution in [1.29, 1.82) is 0 Å². The highest BCUT2D eigenvalue weighted by atomic mass is 19.1. The Morgan fingerprint density at radius 2 is 1.97 bits per heavy atom. The van der Waals surface area contributed by atoms with Gasteiger partial charge in [-0.05, 0) is 68.1 Å². The highest BCUT2D eigenvalue weighted by Crippen LogP contribution is 2.31. The van der Waals surface area contributed by atoms with E-state index in [1.165, 1.54) is 12.1 Å². The van der Waals surface area contributed by atoms with Crippen molar-refractivity contribution >= 4 is 16.4 Å². The van der Waals surface area contributed by atoms with Gasteiger partial charge in [-0.25, -0.2) is 9.37 Å². The number of phenols is 1. The number of pyridine rings is 2. The molecule has 0 amide bonds. The van der Waals surface area contributed by atoms with Crippen molar-refractivity contribution in [2.75, 3.05) is 13.1 Å². The standard InChI is InChI=1S/C22H21FN4O2/c1-13-11-26-12-16(9-18(23)21(26)25-13)15-8-14-4-7-27(17-2-5-24-6-3-17)22(29)20(14)19(28)10-15/h4,7-12,17,24,28H,2-3,5-6H2,1H3. The number of aryl methyl sites for hydroxylation is 1. The van der Waals surface area contributed by atoms with Gasteiger partial charge in [-0.2, -0.15) is 0 Å². The van der Waals surface area contributed by atoms with Gasteiger partial charge in [0, 0.05) is 30.2 Å². The second-order valence-electron chi connectivity index (χ2n) is 7.66. The van der Waals surface area contributed by atoms with Crippen molar-refractivity contribution in [2.45, 2.75) is 25.8 Å². The number of imidazole rings is 1. The number of nitrogens with one attached hydrogen (secondary N) is 1. The van der Waals surface area contributed by atoms with E-state index in [1.54, 1.807) is 34.5 Å². The minimum atomic E-state index is -0.434. The number of aromatic nitrogens is 3. The molecule has 0 saturated carbocycles. The largest absolute Gasteiger partial charge is 0.507 e. The lowest BCUT2D eigenvalue weighted by atomic mass is 10.0. The van der Waals surface area contributed by atoms with Gasteiger partial charge in [0.2, 0.25) is 0 Å². The second-order valence-corrected chi connectivity index (χ2v) is 7.66. The van der Waals surface area contributed by atoms with Crippen LogP contribution in [0.3, 0.4) is 0 Å². The van der Waals surface area contributed by atoms with Crippen LogP contribution in [0.15, 0.2) is 47.7 Å². The van der Waals surface area contributed by atoms with Gasteiger partial charge >= 0.3 is 0 Å². The monoisotopic (exact) mass is 392 g/mol. The van der Waals surface area contributed by atoms with Gasteiger partial charge in [0.25, 0.3) is 5.56 Å². The minimum absolute atomic E-state index is 0.0897. The van der Waals surface area contributed by atoms with Crippen LogP contribution in [0.5, 0.6) is 5.75 Å². The van der Waals surface area contributed by atoms with E-state index >= 15 is 0 Å². The molecule has 4 heterocycles. The molecule has 4 aromatic rings. The van der Waals surface area contributed by atoms with E-state index in [1.807, 2.05) is 12.1 Å². The maximum atomic E-state index is 14.5. The molecule has 1 saturated heterocycles. The molecule has 0 spiro atoms. The molecule has 1 fully saturated rings. The summed E-state index contributed by atoms with van der Waals surface area (Å²) in [7, 11) is 0. The van der Waals surface area contributed by atoms with Crippen LogP contribution < -0.4 is 10.9 Å². The molecule has 0 unspecified atom stereocenters. The Bertz CT molecular complexity index is 1300. The lowest BCUT2D eigenvalue weighted by Crippen LogP contribution is -2.34. The summed E-state index contributed by atoms with van der Waals surface area (Å²) in [6.07, 6.45) is 7.09. The predicted molar refractivity (Wildman–Crippen MR) is 110 cm³/mol. The first-order valence-corrected chi connectivity index (χ1v) is 9.75. The molecule has 2 N–H and O–H groups in total. The van der Waals surface area contributed by atoms with Gasteiger partial charge < -0.3 is 19.4 Å². The van der Waals surface area contributed by atoms with Gasteiger partial charge in [0.05, 0.1) is 11.1 Å². The number of phenolic OH excluding ortho intramolecular Hbond substituents is 1. The maximum absolute atomic E-state index is 14.5. The number of rotatable bonds is 2. The summed E-state index contributed by atoms with van der Waals surface area (Å²) in [5, 5.41) is 14.9. The molecular formula is C22H21FN4O2. The summed E-state index contributed by atoms with van der Waals surface area (Å²) in [5.41, 5.74) is 2.04. The normalized spacial score (nSPS) is 15.4. The zero-order valence-electron chi connectivity index (χ0n) is 16.0. The molecule has 6 nitrogen and oxygen atoms in total. The third kappa shape index (κ3) is 2.98. The summed E-state index contributed by atoms with van der Waals surface area (Å²) in [5.74, 6) is -0.524. The van der Waals surface area contributed by atoms with Crippen LogP contribution in [0.2, 0.25) is 0 Å². The molecule has 0 aliphatic carbocycles. The second kappa shape index (κ2) is 6.70. The summed E-state index contributed by atoms with van der Waals surface area (Å²) in [6.45, 7) is 3.56. The third-order valence-corrected chi connectivity index (χ3v) is 5.67. The van der Waals surface area contributed by atoms with E-state index in [4.69, 9.17) is 0 Å². The molecule has 148 valence electrons. The fraction of sp³-hybridized carbons (Fsp3) is 0.273. The quantitative estimate of drug-likeness (QED) is 0.549. The number of halogens is 1. The van der Waals surface area contributed by atoms with Crippen molar-refractivity contribution in [3.05, 3.63) is 64.7 Å². The van der Waals surface area contributed by atoms with Gasteiger partial charge in [-0.1, -0.05) is 0 Å². The fourth-order valence-electron chi connectivity index (χ4n) is 4.25. The van der Waals surface area contributed by atoms with Crippen LogP contribution in [-0.4, -0.2) is 32.1 Å². The van der Waals surface area contributed by atoms with Crippen molar-refractivity contribution in [2.24, 2.45) is 0 Å².